The molecule has 0 spiro atoms. The Morgan fingerprint density at radius 3 is 2.44 bits per heavy atom. The molecule has 32 heavy (non-hydrogen) atoms. The third-order valence-corrected chi connectivity index (χ3v) is 4.93. The maximum atomic E-state index is 12.8. The smallest absolute Gasteiger partial charge is 0.266 e. The zero-order valence-corrected chi connectivity index (χ0v) is 19.0. The molecule has 0 atom stereocenters. The first-order valence-electron chi connectivity index (χ1n) is 10.4. The Bertz CT molecular complexity index is 1180. The van der Waals surface area contributed by atoms with Crippen LogP contribution in [0.25, 0.3) is 11.8 Å². The van der Waals surface area contributed by atoms with Crippen molar-refractivity contribution in [1.29, 1.82) is 5.26 Å². The number of hydrogen-bond donors (Lipinski definition) is 1. The fourth-order valence-electron chi connectivity index (χ4n) is 3.48. The summed E-state index contributed by atoms with van der Waals surface area (Å²) in [4.78, 5) is 12.8. The van der Waals surface area contributed by atoms with Crippen molar-refractivity contribution in [2.45, 2.75) is 33.8 Å². The highest BCUT2D eigenvalue weighted by Gasteiger charge is 2.14. The number of ether oxygens (including phenoxy) is 2. The molecule has 6 heteroatoms. The molecule has 0 fully saturated rings. The molecular weight excluding hydrogens is 402 g/mol. The van der Waals surface area contributed by atoms with Crippen LogP contribution in [0.5, 0.6) is 11.5 Å². The second-order valence-electron chi connectivity index (χ2n) is 7.68. The van der Waals surface area contributed by atoms with Gasteiger partial charge in [0.05, 0.1) is 13.2 Å². The lowest BCUT2D eigenvalue weighted by atomic mass is 10.1. The topological polar surface area (TPSA) is 76.3 Å². The Balaban J connectivity index is 1.86. The molecule has 0 aliphatic carbocycles. The molecule has 3 aromatic rings. The number of methoxy groups -OCH3 is 1. The Labute approximate surface area is 188 Å². The summed E-state index contributed by atoms with van der Waals surface area (Å²) in [5.41, 5.74) is 4.30. The number of nitrogens with one attached hydrogen (secondary N) is 1. The molecule has 1 N–H and O–H groups in total. The summed E-state index contributed by atoms with van der Waals surface area (Å²) in [6.07, 6.45) is 1.64. The number of amides is 1. The number of aromatic nitrogens is 1. The van der Waals surface area contributed by atoms with Crippen LogP contribution in [0.1, 0.15) is 30.8 Å². The highest BCUT2D eigenvalue weighted by molar-refractivity contribution is 6.09. The van der Waals surface area contributed by atoms with Crippen LogP contribution >= 0.6 is 0 Å². The highest BCUT2D eigenvalue weighted by Crippen LogP contribution is 2.25. The average molecular weight is 430 g/mol. The van der Waals surface area contributed by atoms with E-state index in [1.807, 2.05) is 70.2 Å². The molecule has 0 saturated carbocycles. The summed E-state index contributed by atoms with van der Waals surface area (Å²) in [5.74, 6) is 0.967. The lowest BCUT2D eigenvalue weighted by molar-refractivity contribution is -0.112. The largest absolute Gasteiger partial charge is 0.497 e. The number of anilines is 1. The minimum absolute atomic E-state index is 0.0233. The van der Waals surface area contributed by atoms with Gasteiger partial charge in [-0.05, 0) is 81.8 Å². The van der Waals surface area contributed by atoms with Crippen molar-refractivity contribution in [3.05, 3.63) is 77.1 Å². The fraction of sp³-hybridized carbons (Fsp3) is 0.231. The summed E-state index contributed by atoms with van der Waals surface area (Å²) in [5, 5.41) is 12.4. The van der Waals surface area contributed by atoms with E-state index in [0.29, 0.717) is 11.4 Å². The van der Waals surface area contributed by atoms with E-state index >= 15 is 0 Å². The zero-order valence-electron chi connectivity index (χ0n) is 19.0. The van der Waals surface area contributed by atoms with E-state index in [-0.39, 0.29) is 11.7 Å². The Morgan fingerprint density at radius 2 is 1.81 bits per heavy atom. The van der Waals surface area contributed by atoms with Gasteiger partial charge in [-0.25, -0.2) is 0 Å². The van der Waals surface area contributed by atoms with Crippen LogP contribution in [0.15, 0.2) is 60.2 Å². The van der Waals surface area contributed by atoms with Gasteiger partial charge in [0.1, 0.15) is 23.1 Å². The number of carbonyl (C=O) groups is 1. The highest BCUT2D eigenvalue weighted by atomic mass is 16.5. The third kappa shape index (κ3) is 5.19. The van der Waals surface area contributed by atoms with Crippen molar-refractivity contribution in [2.24, 2.45) is 0 Å². The van der Waals surface area contributed by atoms with E-state index in [2.05, 4.69) is 9.88 Å². The lowest BCUT2D eigenvalue weighted by Crippen LogP contribution is -2.14. The van der Waals surface area contributed by atoms with Crippen molar-refractivity contribution in [3.8, 4) is 23.3 Å². The van der Waals surface area contributed by atoms with Gasteiger partial charge in [-0.1, -0.05) is 6.07 Å². The van der Waals surface area contributed by atoms with Gasteiger partial charge in [0.25, 0.3) is 5.91 Å². The number of hydrogen-bond acceptors (Lipinski definition) is 4. The van der Waals surface area contributed by atoms with Crippen molar-refractivity contribution in [2.75, 3.05) is 12.4 Å². The molecule has 164 valence electrons. The second-order valence-corrected chi connectivity index (χ2v) is 7.68. The Kier molecular flexibility index (Phi) is 7.01. The van der Waals surface area contributed by atoms with Gasteiger partial charge < -0.3 is 19.4 Å². The number of benzene rings is 2. The maximum Gasteiger partial charge on any atom is 0.266 e. The average Bonchev–Trinajstić information content (AvgIpc) is 3.04. The number of carbonyl (C=O) groups excluding carboxylic acids is 1. The van der Waals surface area contributed by atoms with Crippen molar-refractivity contribution in [1.82, 2.24) is 4.57 Å². The summed E-state index contributed by atoms with van der Waals surface area (Å²) >= 11 is 0. The molecule has 0 unspecified atom stereocenters. The lowest BCUT2D eigenvalue weighted by Gasteiger charge is -2.11. The van der Waals surface area contributed by atoms with Gasteiger partial charge in [0.2, 0.25) is 0 Å². The first kappa shape index (κ1) is 22.7. The molecule has 1 amide bonds. The van der Waals surface area contributed by atoms with Crippen LogP contribution in [-0.4, -0.2) is 23.7 Å². The minimum Gasteiger partial charge on any atom is -0.497 e. The van der Waals surface area contributed by atoms with Crippen LogP contribution in [0.4, 0.5) is 5.69 Å². The summed E-state index contributed by atoms with van der Waals surface area (Å²) in [6.45, 7) is 7.82. The molecule has 3 rings (SSSR count). The molecule has 1 aromatic heterocycles. The second kappa shape index (κ2) is 9.88. The Morgan fingerprint density at radius 1 is 1.09 bits per heavy atom. The van der Waals surface area contributed by atoms with Gasteiger partial charge in [-0.2, -0.15) is 5.26 Å². The molecule has 0 saturated heterocycles. The number of rotatable bonds is 7. The summed E-state index contributed by atoms with van der Waals surface area (Å²) < 4.78 is 13.0. The van der Waals surface area contributed by atoms with Crippen molar-refractivity contribution < 1.29 is 14.3 Å². The van der Waals surface area contributed by atoms with Crippen molar-refractivity contribution >= 4 is 17.7 Å². The van der Waals surface area contributed by atoms with Crippen LogP contribution in [-0.2, 0) is 4.79 Å². The van der Waals surface area contributed by atoms with E-state index in [1.165, 1.54) is 0 Å². The zero-order chi connectivity index (χ0) is 23.3. The van der Waals surface area contributed by atoms with Gasteiger partial charge in [0.15, 0.2) is 0 Å². The van der Waals surface area contributed by atoms with Crippen LogP contribution in [0.3, 0.4) is 0 Å². The van der Waals surface area contributed by atoms with Crippen LogP contribution < -0.4 is 14.8 Å². The van der Waals surface area contributed by atoms with Crippen molar-refractivity contribution in [3.63, 3.8) is 0 Å². The quantitative estimate of drug-likeness (QED) is 0.401. The number of nitriles is 1. The standard InChI is InChI=1S/C26H27N3O3/c1-17(2)32-25-8-6-7-22(15-25)28-26(30)21(16-27)14-20-13-18(3)29(19(20)4)23-9-11-24(31-5)12-10-23/h6-15,17H,1-5H3,(H,28,30)/b21-14-. The molecule has 0 aliphatic rings. The van der Waals surface area contributed by atoms with E-state index in [9.17, 15) is 10.1 Å². The monoisotopic (exact) mass is 429 g/mol. The number of aryl methyl sites for hydroxylation is 1. The third-order valence-electron chi connectivity index (χ3n) is 4.93. The first-order chi connectivity index (χ1) is 15.3. The van der Waals surface area contributed by atoms with Crippen LogP contribution in [0.2, 0.25) is 0 Å². The molecule has 0 bridgehead atoms. The normalized spacial score (nSPS) is 11.2. The first-order valence-corrected chi connectivity index (χ1v) is 10.4. The Hall–Kier alpha value is -3.98. The molecule has 0 aliphatic heterocycles. The fourth-order valence-corrected chi connectivity index (χ4v) is 3.48. The molecular formula is C26H27N3O3. The van der Waals surface area contributed by atoms with Gasteiger partial charge in [-0.3, -0.25) is 4.79 Å². The SMILES string of the molecule is COc1ccc(-n2c(C)cc(/C=C(/C#N)C(=O)Nc3cccc(OC(C)C)c3)c2C)cc1. The minimum atomic E-state index is -0.469. The van der Waals surface area contributed by atoms with Gasteiger partial charge in [-0.15, -0.1) is 0 Å². The summed E-state index contributed by atoms with van der Waals surface area (Å²) in [7, 11) is 1.63. The van der Waals surface area contributed by atoms with E-state index in [0.717, 1.165) is 28.4 Å². The van der Waals surface area contributed by atoms with Crippen LogP contribution in [0, 0.1) is 25.2 Å². The number of nitrogens with zero attached hydrogens (tertiary/aromatic N) is 2. The predicted octanol–water partition coefficient (Wildman–Crippen LogP) is 5.44. The molecule has 6 nitrogen and oxygen atoms in total. The predicted molar refractivity (Wildman–Crippen MR) is 126 cm³/mol. The van der Waals surface area contributed by atoms with E-state index < -0.39 is 5.91 Å². The summed E-state index contributed by atoms with van der Waals surface area (Å²) in [6, 6.07) is 18.8. The maximum absolute atomic E-state index is 12.8. The molecule has 1 heterocycles. The molecule has 2 aromatic carbocycles. The molecule has 0 radical (unpaired) electrons. The van der Waals surface area contributed by atoms with E-state index in [1.54, 1.807) is 31.4 Å². The van der Waals surface area contributed by atoms with E-state index in [4.69, 9.17) is 9.47 Å². The van der Waals surface area contributed by atoms with Gasteiger partial charge in [0, 0.05) is 28.8 Å². The van der Waals surface area contributed by atoms with Gasteiger partial charge >= 0.3 is 0 Å².